The Morgan fingerprint density at radius 3 is 2.46 bits per heavy atom. The number of hydrogen-bond donors (Lipinski definition) is 2. The molecule has 2 aliphatic heterocycles. The van der Waals surface area contributed by atoms with Gasteiger partial charge in [0.2, 0.25) is 0 Å². The highest BCUT2D eigenvalue weighted by molar-refractivity contribution is 6.46. The van der Waals surface area contributed by atoms with Crippen LogP contribution in [0, 0.1) is 13.8 Å². The lowest BCUT2D eigenvalue weighted by atomic mass is 9.94. The fourth-order valence-corrected chi connectivity index (χ4v) is 4.85. The molecule has 0 spiro atoms. The maximum absolute atomic E-state index is 13.3. The summed E-state index contributed by atoms with van der Waals surface area (Å²) in [6, 6.07) is 6.04. The number of ether oxygens (including phenoxy) is 2. The number of ketones is 1. The lowest BCUT2D eigenvalue weighted by Crippen LogP contribution is -2.42. The zero-order valence-corrected chi connectivity index (χ0v) is 20.6. The molecule has 0 bridgehead atoms. The molecule has 186 valence electrons. The number of methoxy groups -OCH3 is 1. The summed E-state index contributed by atoms with van der Waals surface area (Å²) in [5, 5.41) is 11.9. The number of Topliss-reactive ketones (excluding diaryl/α,β-unsaturated/α-hetero) is 1. The van der Waals surface area contributed by atoms with Crippen LogP contribution < -0.4 is 0 Å². The molecule has 35 heavy (non-hydrogen) atoms. The van der Waals surface area contributed by atoms with E-state index in [4.69, 9.17) is 21.1 Å². The lowest BCUT2D eigenvalue weighted by molar-refractivity contribution is -0.140. The van der Waals surface area contributed by atoms with Crippen molar-refractivity contribution in [1.29, 1.82) is 0 Å². The van der Waals surface area contributed by atoms with Crippen LogP contribution in [0.4, 0.5) is 0 Å². The molecule has 10 heteroatoms. The second-order valence-corrected chi connectivity index (χ2v) is 9.05. The molecule has 1 aromatic heterocycles. The number of aryl methyl sites for hydroxylation is 1. The van der Waals surface area contributed by atoms with Crippen molar-refractivity contribution < 1.29 is 29.0 Å². The minimum Gasteiger partial charge on any atom is -0.507 e. The van der Waals surface area contributed by atoms with E-state index in [9.17, 15) is 19.5 Å². The van der Waals surface area contributed by atoms with Gasteiger partial charge in [-0.05, 0) is 37.1 Å². The van der Waals surface area contributed by atoms with Gasteiger partial charge in [-0.15, -0.1) is 0 Å². The van der Waals surface area contributed by atoms with Crippen molar-refractivity contribution in [1.82, 2.24) is 14.8 Å². The number of halogens is 1. The first-order valence-electron chi connectivity index (χ1n) is 11.4. The molecule has 2 saturated heterocycles. The van der Waals surface area contributed by atoms with Crippen LogP contribution in [0.1, 0.15) is 38.9 Å². The number of nitrogens with zero attached hydrogens (tertiary/aromatic N) is 2. The summed E-state index contributed by atoms with van der Waals surface area (Å²) >= 11 is 6.08. The second-order valence-electron chi connectivity index (χ2n) is 8.61. The number of aromatic amines is 1. The van der Waals surface area contributed by atoms with Crippen LogP contribution in [-0.4, -0.2) is 84.1 Å². The van der Waals surface area contributed by atoms with Gasteiger partial charge < -0.3 is 24.5 Å². The zero-order chi connectivity index (χ0) is 25.3. The van der Waals surface area contributed by atoms with Gasteiger partial charge in [0.1, 0.15) is 11.5 Å². The summed E-state index contributed by atoms with van der Waals surface area (Å²) in [4.78, 5) is 45.2. The van der Waals surface area contributed by atoms with Gasteiger partial charge in [0, 0.05) is 42.5 Å². The number of hydrogen-bond acceptors (Lipinski definition) is 7. The standard InChI is InChI=1S/C25H28ClN3O6/c1-14-18(15(2)27-20(14)25(33)34-3)22(30)19-21(16-4-6-17(26)7-5-16)29(24(32)23(19)31)9-8-28-10-12-35-13-11-28/h4-7,21,27,30H,8-13H2,1-3H3/b22-19+/t21-/m1/s1. The molecular weight excluding hydrogens is 474 g/mol. The molecule has 2 N–H and O–H groups in total. The Labute approximate surface area is 208 Å². The van der Waals surface area contributed by atoms with Crippen LogP contribution >= 0.6 is 11.6 Å². The largest absolute Gasteiger partial charge is 0.507 e. The van der Waals surface area contributed by atoms with Gasteiger partial charge in [0.05, 0.1) is 31.9 Å². The maximum Gasteiger partial charge on any atom is 0.354 e. The van der Waals surface area contributed by atoms with Crippen molar-refractivity contribution >= 4 is 35.0 Å². The van der Waals surface area contributed by atoms with Crippen LogP contribution in [0.5, 0.6) is 0 Å². The Morgan fingerprint density at radius 2 is 1.83 bits per heavy atom. The number of likely N-dealkylation sites (tertiary alicyclic amines) is 1. The predicted octanol–water partition coefficient (Wildman–Crippen LogP) is 2.83. The number of aromatic nitrogens is 1. The van der Waals surface area contributed by atoms with Gasteiger partial charge >= 0.3 is 5.97 Å². The van der Waals surface area contributed by atoms with E-state index >= 15 is 0 Å². The lowest BCUT2D eigenvalue weighted by Gasteiger charge is -2.31. The number of aliphatic hydroxyl groups is 1. The molecule has 4 rings (SSSR count). The number of rotatable bonds is 6. The van der Waals surface area contributed by atoms with Gasteiger partial charge in [-0.1, -0.05) is 23.7 Å². The number of amides is 1. The Hall–Kier alpha value is -3.14. The molecule has 0 radical (unpaired) electrons. The van der Waals surface area contributed by atoms with E-state index in [0.29, 0.717) is 53.7 Å². The van der Waals surface area contributed by atoms with E-state index in [0.717, 1.165) is 13.1 Å². The van der Waals surface area contributed by atoms with E-state index in [1.165, 1.54) is 12.0 Å². The highest BCUT2D eigenvalue weighted by Crippen LogP contribution is 2.41. The van der Waals surface area contributed by atoms with E-state index in [1.807, 2.05) is 0 Å². The number of nitrogens with one attached hydrogen (secondary N) is 1. The molecular formula is C25H28ClN3O6. The first-order chi connectivity index (χ1) is 16.7. The second kappa shape index (κ2) is 10.2. The third-order valence-corrected chi connectivity index (χ3v) is 6.80. The van der Waals surface area contributed by atoms with Crippen molar-refractivity contribution in [3.63, 3.8) is 0 Å². The molecule has 9 nitrogen and oxygen atoms in total. The summed E-state index contributed by atoms with van der Waals surface area (Å²) in [5.74, 6) is -2.38. The Balaban J connectivity index is 1.79. The topological polar surface area (TPSA) is 112 Å². The average Bonchev–Trinajstić information content (AvgIpc) is 3.30. The van der Waals surface area contributed by atoms with Crippen LogP contribution in [-0.2, 0) is 19.1 Å². The number of carbonyl (C=O) groups excluding carboxylic acids is 3. The van der Waals surface area contributed by atoms with Crippen LogP contribution in [0.25, 0.3) is 5.76 Å². The average molecular weight is 502 g/mol. The molecule has 0 aliphatic carbocycles. The molecule has 1 aromatic carbocycles. The Morgan fingerprint density at radius 1 is 1.17 bits per heavy atom. The third kappa shape index (κ3) is 4.71. The van der Waals surface area contributed by atoms with Crippen molar-refractivity contribution in [3.05, 3.63) is 62.9 Å². The summed E-state index contributed by atoms with van der Waals surface area (Å²) in [7, 11) is 1.26. The predicted molar refractivity (Wildman–Crippen MR) is 129 cm³/mol. The molecule has 0 unspecified atom stereocenters. The van der Waals surface area contributed by atoms with Crippen molar-refractivity contribution in [2.24, 2.45) is 0 Å². The molecule has 0 saturated carbocycles. The summed E-state index contributed by atoms with van der Waals surface area (Å²) in [6.45, 7) is 6.92. The van der Waals surface area contributed by atoms with Crippen LogP contribution in [0.15, 0.2) is 29.8 Å². The SMILES string of the molecule is COC(=O)c1[nH]c(C)c(/C(O)=C2\C(=O)C(=O)N(CCN3CCOCC3)[C@@H]2c2ccc(Cl)cc2)c1C. The number of aliphatic hydroxyl groups excluding tert-OH is 1. The van der Waals surface area contributed by atoms with Gasteiger partial charge in [-0.3, -0.25) is 14.5 Å². The minimum atomic E-state index is -0.802. The summed E-state index contributed by atoms with van der Waals surface area (Å²) < 4.78 is 10.2. The van der Waals surface area contributed by atoms with Gasteiger partial charge in [0.25, 0.3) is 11.7 Å². The smallest absolute Gasteiger partial charge is 0.354 e. The highest BCUT2D eigenvalue weighted by atomic mass is 35.5. The highest BCUT2D eigenvalue weighted by Gasteiger charge is 2.46. The fourth-order valence-electron chi connectivity index (χ4n) is 4.72. The Kier molecular flexibility index (Phi) is 7.30. The van der Waals surface area contributed by atoms with Crippen LogP contribution in [0.2, 0.25) is 5.02 Å². The van der Waals surface area contributed by atoms with Crippen molar-refractivity contribution in [3.8, 4) is 0 Å². The van der Waals surface area contributed by atoms with Crippen molar-refractivity contribution in [2.75, 3.05) is 46.5 Å². The molecule has 2 aromatic rings. The van der Waals surface area contributed by atoms with Crippen LogP contribution in [0.3, 0.4) is 0 Å². The number of carbonyl (C=O) groups is 3. The van der Waals surface area contributed by atoms with E-state index in [-0.39, 0.29) is 17.0 Å². The summed E-state index contributed by atoms with van der Waals surface area (Å²) in [6.07, 6.45) is 0. The van der Waals surface area contributed by atoms with Gasteiger partial charge in [0.15, 0.2) is 0 Å². The Bertz CT molecular complexity index is 1180. The summed E-state index contributed by atoms with van der Waals surface area (Å²) in [5.41, 5.74) is 2.01. The molecule has 1 amide bonds. The monoisotopic (exact) mass is 501 g/mol. The molecule has 2 aliphatic rings. The van der Waals surface area contributed by atoms with Gasteiger partial charge in [-0.25, -0.2) is 4.79 Å². The molecule has 3 heterocycles. The van der Waals surface area contributed by atoms with Gasteiger partial charge in [-0.2, -0.15) is 0 Å². The molecule has 2 fully saturated rings. The van der Waals surface area contributed by atoms with E-state index < -0.39 is 23.7 Å². The fraction of sp³-hybridized carbons (Fsp3) is 0.400. The minimum absolute atomic E-state index is 0.0269. The number of morpholine rings is 1. The maximum atomic E-state index is 13.3. The number of esters is 1. The van der Waals surface area contributed by atoms with E-state index in [1.54, 1.807) is 38.1 Å². The normalized spacial score (nSPS) is 20.5. The quantitative estimate of drug-likeness (QED) is 0.271. The van der Waals surface area contributed by atoms with Crippen molar-refractivity contribution in [2.45, 2.75) is 19.9 Å². The number of H-pyrrole nitrogens is 1. The van der Waals surface area contributed by atoms with E-state index in [2.05, 4.69) is 9.88 Å². The first-order valence-corrected chi connectivity index (χ1v) is 11.7. The zero-order valence-electron chi connectivity index (χ0n) is 19.9. The molecule has 1 atom stereocenters. The number of benzene rings is 1. The first kappa shape index (κ1) is 25.0. The third-order valence-electron chi connectivity index (χ3n) is 6.55.